The first-order valence-corrected chi connectivity index (χ1v) is 15.9. The Morgan fingerprint density at radius 3 is 2.24 bits per heavy atom. The number of fused-ring (bicyclic) bond motifs is 1. The standard InChI is InChI=1S/C26H26F4N6O4S2/c1-2-11-41(37,38)36-22-9-6-18(28)26(25(22)30)34-24-15-32-21-8-5-17(14-23(21)33-24)31-10-3-12-42(39,40)35-20-7-4-16(27)13-19(20)29/h4-9,13-15,31,35-36H,2-3,10-12H2,1H3,(H,33,34). The second-order valence-corrected chi connectivity index (χ2v) is 12.8. The highest BCUT2D eigenvalue weighted by Gasteiger charge is 2.19. The molecule has 10 nitrogen and oxygen atoms in total. The zero-order chi connectivity index (χ0) is 30.5. The minimum Gasteiger partial charge on any atom is -0.385 e. The number of hydrogen-bond acceptors (Lipinski definition) is 8. The van der Waals surface area contributed by atoms with E-state index in [-0.39, 0.29) is 36.0 Å². The van der Waals surface area contributed by atoms with Crippen LogP contribution in [0.1, 0.15) is 19.8 Å². The van der Waals surface area contributed by atoms with Crippen LogP contribution in [-0.4, -0.2) is 44.9 Å². The highest BCUT2D eigenvalue weighted by atomic mass is 32.2. The van der Waals surface area contributed by atoms with Crippen molar-refractivity contribution >= 4 is 59.6 Å². The number of halogens is 4. The van der Waals surface area contributed by atoms with E-state index in [0.717, 1.165) is 24.3 Å². The highest BCUT2D eigenvalue weighted by molar-refractivity contribution is 7.92. The van der Waals surface area contributed by atoms with E-state index in [1.807, 2.05) is 0 Å². The molecule has 224 valence electrons. The molecule has 4 N–H and O–H groups in total. The van der Waals surface area contributed by atoms with Crippen molar-refractivity contribution in [2.24, 2.45) is 0 Å². The van der Waals surface area contributed by atoms with E-state index in [9.17, 15) is 30.0 Å². The molecular formula is C26H26F4N6O4S2. The van der Waals surface area contributed by atoms with Crippen LogP contribution in [0.4, 0.5) is 46.1 Å². The highest BCUT2D eigenvalue weighted by Crippen LogP contribution is 2.29. The number of anilines is 5. The van der Waals surface area contributed by atoms with Crippen LogP contribution in [0.25, 0.3) is 11.0 Å². The Morgan fingerprint density at radius 1 is 0.786 bits per heavy atom. The maximum absolute atomic E-state index is 15.0. The van der Waals surface area contributed by atoms with Crippen LogP contribution in [0.2, 0.25) is 0 Å². The molecular weight excluding hydrogens is 600 g/mol. The predicted octanol–water partition coefficient (Wildman–Crippen LogP) is 5.33. The van der Waals surface area contributed by atoms with Gasteiger partial charge in [-0.05, 0) is 55.3 Å². The Balaban J connectivity index is 1.41. The van der Waals surface area contributed by atoms with Gasteiger partial charge in [-0.2, -0.15) is 0 Å². The van der Waals surface area contributed by atoms with Crippen molar-refractivity contribution in [1.29, 1.82) is 0 Å². The molecule has 42 heavy (non-hydrogen) atoms. The van der Waals surface area contributed by atoms with E-state index < -0.39 is 54.7 Å². The van der Waals surface area contributed by atoms with Gasteiger partial charge in [0.1, 0.15) is 29.0 Å². The van der Waals surface area contributed by atoms with Gasteiger partial charge < -0.3 is 10.6 Å². The number of nitrogens with one attached hydrogen (secondary N) is 4. The molecule has 16 heteroatoms. The topological polar surface area (TPSA) is 142 Å². The summed E-state index contributed by atoms with van der Waals surface area (Å²) < 4.78 is 109. The Morgan fingerprint density at radius 2 is 1.50 bits per heavy atom. The van der Waals surface area contributed by atoms with Gasteiger partial charge in [-0.3, -0.25) is 14.4 Å². The van der Waals surface area contributed by atoms with E-state index in [2.05, 4.69) is 30.0 Å². The Bertz CT molecular complexity index is 1830. The summed E-state index contributed by atoms with van der Waals surface area (Å²) in [5, 5.41) is 5.54. The maximum Gasteiger partial charge on any atom is 0.232 e. The van der Waals surface area contributed by atoms with Gasteiger partial charge in [0.25, 0.3) is 0 Å². The van der Waals surface area contributed by atoms with Crippen molar-refractivity contribution < 1.29 is 34.4 Å². The van der Waals surface area contributed by atoms with E-state index in [1.54, 1.807) is 25.1 Å². The smallest absolute Gasteiger partial charge is 0.232 e. The second-order valence-electron chi connectivity index (χ2n) is 9.11. The molecule has 3 aromatic carbocycles. The van der Waals surface area contributed by atoms with Crippen molar-refractivity contribution in [1.82, 2.24) is 9.97 Å². The summed E-state index contributed by atoms with van der Waals surface area (Å²) in [6, 6.07) is 9.31. The van der Waals surface area contributed by atoms with Crippen LogP contribution in [0, 0.1) is 23.3 Å². The molecule has 1 aromatic heterocycles. The fraction of sp³-hybridized carbons (Fsp3) is 0.231. The molecule has 4 aromatic rings. The van der Waals surface area contributed by atoms with Crippen LogP contribution in [0.3, 0.4) is 0 Å². The molecule has 0 fully saturated rings. The first-order valence-electron chi connectivity index (χ1n) is 12.6. The van der Waals surface area contributed by atoms with Gasteiger partial charge in [0.2, 0.25) is 20.0 Å². The number of sulfonamides is 2. The van der Waals surface area contributed by atoms with Gasteiger partial charge in [0.05, 0.1) is 40.1 Å². The van der Waals surface area contributed by atoms with Crippen LogP contribution in [-0.2, 0) is 20.0 Å². The second kappa shape index (κ2) is 12.8. The summed E-state index contributed by atoms with van der Waals surface area (Å²) in [5.74, 6) is -4.59. The predicted molar refractivity (Wildman–Crippen MR) is 154 cm³/mol. The zero-order valence-corrected chi connectivity index (χ0v) is 23.7. The molecule has 0 radical (unpaired) electrons. The van der Waals surface area contributed by atoms with E-state index in [0.29, 0.717) is 29.2 Å². The van der Waals surface area contributed by atoms with Crippen molar-refractivity contribution in [3.05, 3.63) is 78.0 Å². The number of nitrogens with zero attached hydrogens (tertiary/aromatic N) is 2. The van der Waals surface area contributed by atoms with Crippen LogP contribution in [0.5, 0.6) is 0 Å². The van der Waals surface area contributed by atoms with Crippen LogP contribution < -0.4 is 20.1 Å². The molecule has 0 aliphatic rings. The normalized spacial score (nSPS) is 11.8. The van der Waals surface area contributed by atoms with Crippen molar-refractivity contribution in [2.75, 3.05) is 38.1 Å². The fourth-order valence-corrected chi connectivity index (χ4v) is 6.09. The molecule has 0 amide bonds. The third-order valence-corrected chi connectivity index (χ3v) is 8.57. The average molecular weight is 627 g/mol. The average Bonchev–Trinajstić information content (AvgIpc) is 2.92. The van der Waals surface area contributed by atoms with E-state index in [1.165, 1.54) is 6.20 Å². The maximum atomic E-state index is 15.0. The number of benzene rings is 3. The lowest BCUT2D eigenvalue weighted by Crippen LogP contribution is -2.19. The summed E-state index contributed by atoms with van der Waals surface area (Å²) in [4.78, 5) is 8.54. The van der Waals surface area contributed by atoms with Gasteiger partial charge in [-0.15, -0.1) is 0 Å². The van der Waals surface area contributed by atoms with Crippen molar-refractivity contribution in [3.8, 4) is 0 Å². The minimum atomic E-state index is -3.90. The molecule has 0 spiro atoms. The van der Waals surface area contributed by atoms with E-state index >= 15 is 4.39 Å². The Labute approximate surface area is 239 Å². The molecule has 0 bridgehead atoms. The molecule has 4 rings (SSSR count). The molecule has 1 heterocycles. The summed E-state index contributed by atoms with van der Waals surface area (Å²) in [5.41, 5.74) is -0.0507. The summed E-state index contributed by atoms with van der Waals surface area (Å²) in [7, 11) is -7.72. The van der Waals surface area contributed by atoms with Gasteiger partial charge in [-0.1, -0.05) is 6.92 Å². The Kier molecular flexibility index (Phi) is 9.36. The van der Waals surface area contributed by atoms with Gasteiger partial charge in [0, 0.05) is 18.3 Å². The molecule has 0 saturated heterocycles. The third-order valence-electron chi connectivity index (χ3n) is 5.74. The summed E-state index contributed by atoms with van der Waals surface area (Å²) in [6.07, 6.45) is 1.70. The van der Waals surface area contributed by atoms with Gasteiger partial charge in [-0.25, -0.2) is 39.4 Å². The minimum absolute atomic E-state index is 0.0174. The van der Waals surface area contributed by atoms with Gasteiger partial charge in [0.15, 0.2) is 5.82 Å². The molecule has 0 aliphatic carbocycles. The monoisotopic (exact) mass is 626 g/mol. The summed E-state index contributed by atoms with van der Waals surface area (Å²) >= 11 is 0. The lowest BCUT2D eigenvalue weighted by Gasteiger charge is -2.13. The molecule has 0 unspecified atom stereocenters. The largest absolute Gasteiger partial charge is 0.385 e. The van der Waals surface area contributed by atoms with Crippen molar-refractivity contribution in [3.63, 3.8) is 0 Å². The quantitative estimate of drug-likeness (QED) is 0.115. The fourth-order valence-electron chi connectivity index (χ4n) is 3.83. The number of hydrogen-bond donors (Lipinski definition) is 4. The number of aromatic nitrogens is 2. The van der Waals surface area contributed by atoms with E-state index in [4.69, 9.17) is 0 Å². The summed E-state index contributed by atoms with van der Waals surface area (Å²) in [6.45, 7) is 1.86. The Hall–Kier alpha value is -4.18. The lowest BCUT2D eigenvalue weighted by molar-refractivity contribution is 0.582. The molecule has 0 aliphatic heterocycles. The lowest BCUT2D eigenvalue weighted by atomic mass is 10.2. The molecule has 0 saturated carbocycles. The molecule has 0 atom stereocenters. The van der Waals surface area contributed by atoms with Crippen molar-refractivity contribution in [2.45, 2.75) is 19.8 Å². The number of rotatable bonds is 13. The van der Waals surface area contributed by atoms with Crippen LogP contribution >= 0.6 is 0 Å². The zero-order valence-electron chi connectivity index (χ0n) is 22.1. The third kappa shape index (κ3) is 7.97. The van der Waals surface area contributed by atoms with Gasteiger partial charge >= 0.3 is 0 Å². The SMILES string of the molecule is CCCS(=O)(=O)Nc1ccc(F)c(Nc2cnc3ccc(NCCCS(=O)(=O)Nc4ccc(F)cc4F)cc3n2)c1F. The first kappa shape index (κ1) is 30.8. The first-order chi connectivity index (χ1) is 19.9. The van der Waals surface area contributed by atoms with Crippen LogP contribution in [0.15, 0.2) is 54.7 Å².